The van der Waals surface area contributed by atoms with E-state index in [0.717, 1.165) is 42.0 Å². The lowest BCUT2D eigenvalue weighted by atomic mass is 9.97. The Morgan fingerprint density at radius 2 is 1.90 bits per heavy atom. The Bertz CT molecular complexity index is 1050. The Morgan fingerprint density at radius 1 is 1.07 bits per heavy atom. The molecule has 1 unspecified atom stereocenters. The van der Waals surface area contributed by atoms with E-state index in [0.29, 0.717) is 17.8 Å². The van der Waals surface area contributed by atoms with Crippen molar-refractivity contribution in [2.45, 2.75) is 26.7 Å². The number of nitrogens with one attached hydrogen (secondary N) is 1. The smallest absolute Gasteiger partial charge is 0.229 e. The van der Waals surface area contributed by atoms with Gasteiger partial charge in [-0.2, -0.15) is 0 Å². The molecule has 0 bridgehead atoms. The van der Waals surface area contributed by atoms with Crippen LogP contribution in [0.25, 0.3) is 11.3 Å². The number of nitrogens with zero attached hydrogens (tertiary/aromatic N) is 3. The fraction of sp³-hybridized carbons (Fsp3) is 0.292. The highest BCUT2D eigenvalue weighted by molar-refractivity contribution is 5.93. The predicted molar refractivity (Wildman–Crippen MR) is 117 cm³/mol. The summed E-state index contributed by atoms with van der Waals surface area (Å²) in [6.07, 6.45) is 1.69. The molecule has 5 nitrogen and oxygen atoms in total. The van der Waals surface area contributed by atoms with E-state index >= 15 is 0 Å². The van der Waals surface area contributed by atoms with Crippen molar-refractivity contribution in [2.24, 2.45) is 5.92 Å². The molecular formula is C24H25FN4O. The van der Waals surface area contributed by atoms with Gasteiger partial charge in [0.25, 0.3) is 0 Å². The summed E-state index contributed by atoms with van der Waals surface area (Å²) >= 11 is 0. The van der Waals surface area contributed by atoms with Gasteiger partial charge in [0.05, 0.1) is 11.6 Å². The van der Waals surface area contributed by atoms with E-state index < -0.39 is 0 Å². The molecule has 154 valence electrons. The lowest BCUT2D eigenvalue weighted by Crippen LogP contribution is -2.41. The van der Waals surface area contributed by atoms with Crippen molar-refractivity contribution >= 4 is 17.4 Å². The highest BCUT2D eigenvalue weighted by Crippen LogP contribution is 2.25. The number of aryl methyl sites for hydroxylation is 2. The van der Waals surface area contributed by atoms with Crippen LogP contribution in [0.15, 0.2) is 54.6 Å². The molecule has 1 amide bonds. The second-order valence-corrected chi connectivity index (χ2v) is 7.83. The molecule has 1 fully saturated rings. The summed E-state index contributed by atoms with van der Waals surface area (Å²) in [5, 5.41) is 11.7. The van der Waals surface area contributed by atoms with E-state index in [1.54, 1.807) is 19.1 Å². The molecule has 1 N–H and O–H groups in total. The minimum atomic E-state index is -0.318. The van der Waals surface area contributed by atoms with Crippen molar-refractivity contribution in [3.05, 3.63) is 71.5 Å². The van der Waals surface area contributed by atoms with Gasteiger partial charge in [-0.05, 0) is 62.1 Å². The summed E-state index contributed by atoms with van der Waals surface area (Å²) in [6, 6.07) is 16.8. The van der Waals surface area contributed by atoms with Gasteiger partial charge >= 0.3 is 0 Å². The number of amides is 1. The van der Waals surface area contributed by atoms with Crippen LogP contribution in [-0.2, 0) is 4.79 Å². The van der Waals surface area contributed by atoms with Gasteiger partial charge in [0.1, 0.15) is 5.82 Å². The molecule has 6 heteroatoms. The molecule has 2 heterocycles. The number of rotatable bonds is 4. The Labute approximate surface area is 176 Å². The van der Waals surface area contributed by atoms with Gasteiger partial charge in [0.15, 0.2) is 5.82 Å². The Balaban J connectivity index is 1.44. The number of piperidine rings is 1. The lowest BCUT2D eigenvalue weighted by molar-refractivity contribution is -0.120. The van der Waals surface area contributed by atoms with Crippen molar-refractivity contribution in [3.8, 4) is 11.3 Å². The van der Waals surface area contributed by atoms with Gasteiger partial charge in [0, 0.05) is 24.3 Å². The summed E-state index contributed by atoms with van der Waals surface area (Å²) in [6.45, 7) is 5.16. The van der Waals surface area contributed by atoms with Crippen molar-refractivity contribution in [1.29, 1.82) is 0 Å². The number of halogens is 1. The molecule has 0 saturated carbocycles. The highest BCUT2D eigenvalue weighted by Gasteiger charge is 2.27. The minimum Gasteiger partial charge on any atom is -0.354 e. The van der Waals surface area contributed by atoms with Crippen LogP contribution in [0.3, 0.4) is 0 Å². The Kier molecular flexibility index (Phi) is 5.74. The number of benzene rings is 2. The number of hydrogen-bond acceptors (Lipinski definition) is 4. The van der Waals surface area contributed by atoms with Gasteiger partial charge < -0.3 is 10.2 Å². The van der Waals surface area contributed by atoms with Crippen LogP contribution >= 0.6 is 0 Å². The summed E-state index contributed by atoms with van der Waals surface area (Å²) < 4.78 is 13.8. The van der Waals surface area contributed by atoms with Crippen LogP contribution in [0.1, 0.15) is 24.0 Å². The number of anilines is 2. The van der Waals surface area contributed by atoms with Gasteiger partial charge in [-0.25, -0.2) is 4.39 Å². The number of carbonyl (C=O) groups excluding carboxylic acids is 1. The third-order valence-electron chi connectivity index (χ3n) is 5.63. The second-order valence-electron chi connectivity index (χ2n) is 7.83. The van der Waals surface area contributed by atoms with Crippen molar-refractivity contribution in [2.75, 3.05) is 23.3 Å². The fourth-order valence-electron chi connectivity index (χ4n) is 3.81. The quantitative estimate of drug-likeness (QED) is 0.681. The van der Waals surface area contributed by atoms with E-state index in [4.69, 9.17) is 0 Å². The summed E-state index contributed by atoms with van der Waals surface area (Å²) in [5.74, 6) is 0.182. The van der Waals surface area contributed by atoms with Crippen LogP contribution in [0.5, 0.6) is 0 Å². The number of aromatic nitrogens is 2. The largest absolute Gasteiger partial charge is 0.354 e. The molecule has 1 aliphatic heterocycles. The molecule has 0 radical (unpaired) electrons. The van der Waals surface area contributed by atoms with Gasteiger partial charge in [-0.15, -0.1) is 10.2 Å². The topological polar surface area (TPSA) is 58.1 Å². The molecular weight excluding hydrogens is 379 g/mol. The summed E-state index contributed by atoms with van der Waals surface area (Å²) in [4.78, 5) is 14.8. The standard InChI is InChI=1S/C24H25FN4O/c1-16-6-3-4-8-20(16)22-11-12-23(28-27-22)29-13-5-7-18(15-29)24(30)26-19-10-9-17(2)21(25)14-19/h3-4,6,8-12,14,18H,5,7,13,15H2,1-2H3,(H,26,30). The first-order valence-corrected chi connectivity index (χ1v) is 10.2. The van der Waals surface area contributed by atoms with Crippen LogP contribution in [0.4, 0.5) is 15.9 Å². The maximum absolute atomic E-state index is 13.8. The molecule has 1 aromatic heterocycles. The zero-order valence-corrected chi connectivity index (χ0v) is 17.2. The first-order chi connectivity index (χ1) is 14.5. The lowest BCUT2D eigenvalue weighted by Gasteiger charge is -2.32. The zero-order valence-electron chi connectivity index (χ0n) is 17.2. The molecule has 1 aliphatic rings. The maximum atomic E-state index is 13.8. The van der Waals surface area contributed by atoms with Gasteiger partial charge in [-0.3, -0.25) is 4.79 Å². The number of hydrogen-bond donors (Lipinski definition) is 1. The highest BCUT2D eigenvalue weighted by atomic mass is 19.1. The molecule has 0 aliphatic carbocycles. The Morgan fingerprint density at radius 3 is 2.63 bits per heavy atom. The minimum absolute atomic E-state index is 0.0903. The average Bonchev–Trinajstić information content (AvgIpc) is 2.77. The predicted octanol–water partition coefficient (Wildman–Crippen LogP) is 4.75. The van der Waals surface area contributed by atoms with Crippen LogP contribution in [-0.4, -0.2) is 29.2 Å². The van der Waals surface area contributed by atoms with E-state index in [2.05, 4.69) is 33.4 Å². The fourth-order valence-corrected chi connectivity index (χ4v) is 3.81. The Hall–Kier alpha value is -3.28. The zero-order chi connectivity index (χ0) is 21.1. The number of carbonyl (C=O) groups is 1. The van der Waals surface area contributed by atoms with E-state index in [-0.39, 0.29) is 17.6 Å². The van der Waals surface area contributed by atoms with Crippen LogP contribution in [0, 0.1) is 25.6 Å². The van der Waals surface area contributed by atoms with Crippen LogP contribution in [0.2, 0.25) is 0 Å². The van der Waals surface area contributed by atoms with Gasteiger partial charge in [-0.1, -0.05) is 30.3 Å². The first kappa shape index (κ1) is 20.0. The summed E-state index contributed by atoms with van der Waals surface area (Å²) in [7, 11) is 0. The molecule has 1 saturated heterocycles. The second kappa shape index (κ2) is 8.61. The molecule has 0 spiro atoms. The monoisotopic (exact) mass is 404 g/mol. The van der Waals surface area contributed by atoms with E-state index in [1.807, 2.05) is 30.3 Å². The van der Waals surface area contributed by atoms with E-state index in [9.17, 15) is 9.18 Å². The SMILES string of the molecule is Cc1ccc(NC(=O)C2CCCN(c3ccc(-c4ccccc4C)nn3)C2)cc1F. The molecule has 1 atom stereocenters. The molecule has 3 aromatic rings. The summed E-state index contributed by atoms with van der Waals surface area (Å²) in [5.41, 5.74) is 4.11. The third kappa shape index (κ3) is 4.32. The van der Waals surface area contributed by atoms with Crippen molar-refractivity contribution in [3.63, 3.8) is 0 Å². The normalized spacial score (nSPS) is 16.4. The van der Waals surface area contributed by atoms with E-state index in [1.165, 1.54) is 6.07 Å². The van der Waals surface area contributed by atoms with Gasteiger partial charge in [0.2, 0.25) is 5.91 Å². The van der Waals surface area contributed by atoms with Crippen molar-refractivity contribution < 1.29 is 9.18 Å². The first-order valence-electron chi connectivity index (χ1n) is 10.2. The third-order valence-corrected chi connectivity index (χ3v) is 5.63. The van der Waals surface area contributed by atoms with Crippen molar-refractivity contribution in [1.82, 2.24) is 10.2 Å². The molecule has 4 rings (SSSR count). The molecule has 2 aromatic carbocycles. The molecule has 30 heavy (non-hydrogen) atoms. The van der Waals surface area contributed by atoms with Crippen LogP contribution < -0.4 is 10.2 Å². The maximum Gasteiger partial charge on any atom is 0.229 e. The average molecular weight is 404 g/mol.